The van der Waals surface area contributed by atoms with Crippen LogP contribution >= 0.6 is 0 Å². The average Bonchev–Trinajstić information content (AvgIpc) is 2.69. The Labute approximate surface area is 117 Å². The maximum absolute atomic E-state index is 12.3. The SMILES string of the molecule is CC[C@H](C)[C@H](N)C(=O)NC1CC2CCC1(C)C2(C)C. The Morgan fingerprint density at radius 2 is 2.05 bits per heavy atom. The first kappa shape index (κ1) is 14.8. The molecule has 0 radical (unpaired) electrons. The van der Waals surface area contributed by atoms with E-state index < -0.39 is 0 Å². The molecule has 0 aromatic rings. The standard InChI is InChI=1S/C16H30N2O/c1-6-10(2)13(17)14(19)18-12-9-11-7-8-16(12,5)15(11,3)4/h10-13H,6-9,17H2,1-5H3,(H,18,19)/t10-,11?,12?,13-,16?/m0/s1. The third-order valence-electron chi connectivity index (χ3n) is 6.67. The minimum absolute atomic E-state index is 0.0453. The summed E-state index contributed by atoms with van der Waals surface area (Å²) >= 11 is 0. The zero-order chi connectivity index (χ0) is 14.4. The fourth-order valence-corrected chi connectivity index (χ4v) is 4.20. The van der Waals surface area contributed by atoms with Gasteiger partial charge in [0.05, 0.1) is 6.04 Å². The van der Waals surface area contributed by atoms with Crippen molar-refractivity contribution in [3.05, 3.63) is 0 Å². The van der Waals surface area contributed by atoms with Crippen molar-refractivity contribution in [2.75, 3.05) is 0 Å². The largest absolute Gasteiger partial charge is 0.351 e. The second-order valence-electron chi connectivity index (χ2n) is 7.58. The molecule has 2 fully saturated rings. The maximum atomic E-state index is 12.3. The Bertz CT molecular complexity index is 366. The van der Waals surface area contributed by atoms with E-state index >= 15 is 0 Å². The summed E-state index contributed by atoms with van der Waals surface area (Å²) in [7, 11) is 0. The number of rotatable bonds is 4. The Morgan fingerprint density at radius 1 is 1.42 bits per heavy atom. The quantitative estimate of drug-likeness (QED) is 0.822. The lowest BCUT2D eigenvalue weighted by molar-refractivity contribution is -0.125. The molecule has 5 atom stereocenters. The molecule has 0 spiro atoms. The van der Waals surface area contributed by atoms with E-state index in [2.05, 4.69) is 39.9 Å². The molecule has 2 aliphatic rings. The van der Waals surface area contributed by atoms with Crippen LogP contribution in [0.4, 0.5) is 0 Å². The molecule has 3 N–H and O–H groups in total. The van der Waals surface area contributed by atoms with E-state index in [1.54, 1.807) is 0 Å². The number of carbonyl (C=O) groups excluding carboxylic acids is 1. The normalized spacial score (nSPS) is 39.1. The Balaban J connectivity index is 2.04. The summed E-state index contributed by atoms with van der Waals surface area (Å²) < 4.78 is 0. The van der Waals surface area contributed by atoms with Gasteiger partial charge in [0.1, 0.15) is 0 Å². The van der Waals surface area contributed by atoms with Gasteiger partial charge in [-0.05, 0) is 41.9 Å². The molecule has 0 aromatic heterocycles. The van der Waals surface area contributed by atoms with E-state index in [1.165, 1.54) is 12.8 Å². The van der Waals surface area contributed by atoms with E-state index in [1.807, 2.05) is 0 Å². The van der Waals surface area contributed by atoms with Crippen LogP contribution in [0.15, 0.2) is 0 Å². The molecular weight excluding hydrogens is 236 g/mol. The van der Waals surface area contributed by atoms with Gasteiger partial charge in [0.2, 0.25) is 5.91 Å². The molecule has 1 amide bonds. The lowest BCUT2D eigenvalue weighted by Gasteiger charge is -2.40. The molecule has 2 bridgehead atoms. The average molecular weight is 266 g/mol. The predicted octanol–water partition coefficient (Wildman–Crippen LogP) is 2.69. The number of nitrogens with two attached hydrogens (primary N) is 1. The second kappa shape index (κ2) is 4.76. The summed E-state index contributed by atoms with van der Waals surface area (Å²) in [6, 6.07) is -0.0558. The Kier molecular flexibility index (Phi) is 3.72. The van der Waals surface area contributed by atoms with Crippen molar-refractivity contribution >= 4 is 5.91 Å². The number of nitrogens with one attached hydrogen (secondary N) is 1. The van der Waals surface area contributed by atoms with Gasteiger partial charge in [-0.15, -0.1) is 0 Å². The number of hydrogen-bond acceptors (Lipinski definition) is 2. The van der Waals surface area contributed by atoms with Crippen LogP contribution in [0.25, 0.3) is 0 Å². The van der Waals surface area contributed by atoms with E-state index in [0.29, 0.717) is 11.5 Å². The molecule has 2 rings (SSSR count). The predicted molar refractivity (Wildman–Crippen MR) is 78.6 cm³/mol. The zero-order valence-electron chi connectivity index (χ0n) is 13.1. The summed E-state index contributed by atoms with van der Waals surface area (Å²) in [4.78, 5) is 12.3. The van der Waals surface area contributed by atoms with E-state index in [4.69, 9.17) is 5.73 Å². The van der Waals surface area contributed by atoms with Crippen LogP contribution in [0, 0.1) is 22.7 Å². The van der Waals surface area contributed by atoms with E-state index in [-0.39, 0.29) is 23.3 Å². The molecule has 2 saturated carbocycles. The van der Waals surface area contributed by atoms with Crippen molar-refractivity contribution in [3.63, 3.8) is 0 Å². The van der Waals surface area contributed by atoms with Crippen molar-refractivity contribution in [1.82, 2.24) is 5.32 Å². The summed E-state index contributed by atoms with van der Waals surface area (Å²) in [6.45, 7) is 11.2. The monoisotopic (exact) mass is 266 g/mol. The van der Waals surface area contributed by atoms with Crippen molar-refractivity contribution in [2.45, 2.75) is 72.4 Å². The first-order valence-corrected chi connectivity index (χ1v) is 7.80. The molecule has 0 heterocycles. The van der Waals surface area contributed by atoms with Gasteiger partial charge in [-0.2, -0.15) is 0 Å². The topological polar surface area (TPSA) is 55.1 Å². The lowest BCUT2D eigenvalue weighted by Crippen LogP contribution is -2.53. The van der Waals surface area contributed by atoms with Crippen LogP contribution in [0.5, 0.6) is 0 Å². The van der Waals surface area contributed by atoms with Crippen LogP contribution < -0.4 is 11.1 Å². The molecular formula is C16H30N2O. The highest BCUT2D eigenvalue weighted by molar-refractivity contribution is 5.82. The van der Waals surface area contributed by atoms with E-state index in [0.717, 1.165) is 18.8 Å². The van der Waals surface area contributed by atoms with Crippen LogP contribution in [0.1, 0.15) is 60.3 Å². The maximum Gasteiger partial charge on any atom is 0.237 e. The lowest BCUT2D eigenvalue weighted by atomic mass is 9.69. The highest BCUT2D eigenvalue weighted by Gasteiger charge is 2.61. The van der Waals surface area contributed by atoms with Gasteiger partial charge in [0.15, 0.2) is 0 Å². The van der Waals surface area contributed by atoms with Gasteiger partial charge in [0.25, 0.3) is 0 Å². The summed E-state index contributed by atoms with van der Waals surface area (Å²) in [5, 5.41) is 3.26. The molecule has 110 valence electrons. The van der Waals surface area contributed by atoms with Crippen molar-refractivity contribution < 1.29 is 4.79 Å². The molecule has 3 heteroatoms. The van der Waals surface area contributed by atoms with Gasteiger partial charge in [-0.25, -0.2) is 0 Å². The minimum atomic E-state index is -0.365. The van der Waals surface area contributed by atoms with Crippen LogP contribution in [-0.4, -0.2) is 18.0 Å². The molecule has 0 aliphatic heterocycles. The van der Waals surface area contributed by atoms with Crippen molar-refractivity contribution in [2.24, 2.45) is 28.4 Å². The fraction of sp³-hybridized carbons (Fsp3) is 0.938. The molecule has 3 nitrogen and oxygen atoms in total. The van der Waals surface area contributed by atoms with Crippen LogP contribution in [0.3, 0.4) is 0 Å². The smallest absolute Gasteiger partial charge is 0.237 e. The van der Waals surface area contributed by atoms with E-state index in [9.17, 15) is 4.79 Å². The number of fused-ring (bicyclic) bond motifs is 2. The number of hydrogen-bond donors (Lipinski definition) is 2. The van der Waals surface area contributed by atoms with Crippen LogP contribution in [0.2, 0.25) is 0 Å². The fourth-order valence-electron chi connectivity index (χ4n) is 4.20. The van der Waals surface area contributed by atoms with Crippen LogP contribution in [-0.2, 0) is 4.79 Å². The number of carbonyl (C=O) groups is 1. The minimum Gasteiger partial charge on any atom is -0.351 e. The molecule has 19 heavy (non-hydrogen) atoms. The van der Waals surface area contributed by atoms with Crippen molar-refractivity contribution in [3.8, 4) is 0 Å². The third-order valence-corrected chi connectivity index (χ3v) is 6.67. The first-order valence-electron chi connectivity index (χ1n) is 7.80. The van der Waals surface area contributed by atoms with Crippen molar-refractivity contribution in [1.29, 1.82) is 0 Å². The number of amides is 1. The highest BCUT2D eigenvalue weighted by atomic mass is 16.2. The van der Waals surface area contributed by atoms with Gasteiger partial charge in [-0.1, -0.05) is 41.0 Å². The first-order chi connectivity index (χ1) is 8.74. The summed E-state index contributed by atoms with van der Waals surface area (Å²) in [5.41, 5.74) is 6.62. The zero-order valence-corrected chi connectivity index (χ0v) is 13.1. The molecule has 0 saturated heterocycles. The molecule has 0 aromatic carbocycles. The van der Waals surface area contributed by atoms with Gasteiger partial charge in [0, 0.05) is 6.04 Å². The Hall–Kier alpha value is -0.570. The molecule has 2 aliphatic carbocycles. The third kappa shape index (κ3) is 2.10. The van der Waals surface area contributed by atoms with Gasteiger partial charge >= 0.3 is 0 Å². The molecule has 3 unspecified atom stereocenters. The van der Waals surface area contributed by atoms with Gasteiger partial charge < -0.3 is 11.1 Å². The Morgan fingerprint density at radius 3 is 2.47 bits per heavy atom. The van der Waals surface area contributed by atoms with Gasteiger partial charge in [-0.3, -0.25) is 4.79 Å². The second-order valence-corrected chi connectivity index (χ2v) is 7.58. The summed E-state index contributed by atoms with van der Waals surface area (Å²) in [6.07, 6.45) is 4.62. The summed E-state index contributed by atoms with van der Waals surface area (Å²) in [5.74, 6) is 1.05. The highest BCUT2D eigenvalue weighted by Crippen LogP contribution is 2.65.